The molecule has 0 unspecified atom stereocenters. The van der Waals surface area contributed by atoms with Gasteiger partial charge < -0.3 is 4.98 Å². The van der Waals surface area contributed by atoms with Crippen molar-refractivity contribution in [3.05, 3.63) is 23.0 Å². The number of rotatable bonds is 1. The van der Waals surface area contributed by atoms with Gasteiger partial charge in [-0.05, 0) is 6.92 Å². The van der Waals surface area contributed by atoms with E-state index in [4.69, 9.17) is 0 Å². The lowest BCUT2D eigenvalue weighted by atomic mass is 10.5. The summed E-state index contributed by atoms with van der Waals surface area (Å²) >= 11 is 0. The quantitative estimate of drug-likeness (QED) is 0.562. The molecule has 0 radical (unpaired) electrons. The summed E-state index contributed by atoms with van der Waals surface area (Å²) < 4.78 is 1.82. The van der Waals surface area contributed by atoms with Crippen molar-refractivity contribution in [3.8, 4) is 0 Å². The number of aromatic amines is 2. The lowest BCUT2D eigenvalue weighted by Gasteiger charge is -1.87. The Hall–Kier alpha value is -1.65. The number of nitrogens with one attached hydrogen (secondary N) is 2. The fourth-order valence-electron chi connectivity index (χ4n) is 1.22. The smallest absolute Gasteiger partial charge is 0.302 e. The topological polar surface area (TPSA) is 65.4 Å². The van der Waals surface area contributed by atoms with Crippen molar-refractivity contribution < 1.29 is 4.57 Å². The zero-order chi connectivity index (χ0) is 8.55. The molecule has 0 aromatic carbocycles. The molecule has 2 heterocycles. The van der Waals surface area contributed by atoms with E-state index in [-0.39, 0.29) is 5.56 Å². The molecule has 0 saturated carbocycles. The molecule has 0 aliphatic rings. The first-order chi connectivity index (χ1) is 5.83. The van der Waals surface area contributed by atoms with Gasteiger partial charge in [-0.15, -0.1) is 0 Å². The first-order valence-electron chi connectivity index (χ1n) is 3.77. The predicted molar refractivity (Wildman–Crippen MR) is 42.6 cm³/mol. The molecular weight excluding hydrogens is 156 g/mol. The second kappa shape index (κ2) is 2.44. The van der Waals surface area contributed by atoms with Gasteiger partial charge in [-0.3, -0.25) is 4.79 Å². The fraction of sp³-hybridized carbons (Fsp3) is 0.286. The molecule has 0 aliphatic carbocycles. The van der Waals surface area contributed by atoms with E-state index in [9.17, 15) is 4.79 Å². The lowest BCUT2D eigenvalue weighted by Crippen LogP contribution is -2.34. The van der Waals surface area contributed by atoms with Crippen LogP contribution in [0.1, 0.15) is 6.92 Å². The number of hydrogen-bond donors (Lipinski definition) is 2. The first kappa shape index (κ1) is 7.02. The van der Waals surface area contributed by atoms with Crippen molar-refractivity contribution >= 4 is 11.2 Å². The summed E-state index contributed by atoms with van der Waals surface area (Å²) in [5.74, 6) is 0. The van der Waals surface area contributed by atoms with Gasteiger partial charge in [0.2, 0.25) is 6.33 Å². The second-order valence-electron chi connectivity index (χ2n) is 2.49. The van der Waals surface area contributed by atoms with Crippen LogP contribution in [-0.2, 0) is 6.54 Å². The summed E-state index contributed by atoms with van der Waals surface area (Å²) in [7, 11) is 0. The molecule has 0 spiro atoms. The van der Waals surface area contributed by atoms with Crippen LogP contribution >= 0.6 is 0 Å². The molecule has 12 heavy (non-hydrogen) atoms. The van der Waals surface area contributed by atoms with Crippen molar-refractivity contribution in [2.75, 3.05) is 0 Å². The van der Waals surface area contributed by atoms with Crippen LogP contribution in [0.5, 0.6) is 0 Å². The Bertz CT molecular complexity index is 456. The van der Waals surface area contributed by atoms with E-state index in [1.54, 1.807) is 6.33 Å². The summed E-state index contributed by atoms with van der Waals surface area (Å²) in [6.45, 7) is 2.73. The van der Waals surface area contributed by atoms with Crippen LogP contribution in [0.2, 0.25) is 0 Å². The van der Waals surface area contributed by atoms with E-state index in [1.165, 1.54) is 6.33 Å². The van der Waals surface area contributed by atoms with Crippen LogP contribution in [0.3, 0.4) is 0 Å². The molecule has 0 fully saturated rings. The number of fused-ring (bicyclic) bond motifs is 1. The molecule has 0 bridgehead atoms. The van der Waals surface area contributed by atoms with E-state index >= 15 is 0 Å². The summed E-state index contributed by atoms with van der Waals surface area (Å²) in [6.07, 6.45) is 3.13. The highest BCUT2D eigenvalue weighted by Gasteiger charge is 2.11. The van der Waals surface area contributed by atoms with E-state index in [1.807, 2.05) is 11.5 Å². The zero-order valence-corrected chi connectivity index (χ0v) is 6.66. The van der Waals surface area contributed by atoms with E-state index in [0.717, 1.165) is 6.54 Å². The van der Waals surface area contributed by atoms with Crippen molar-refractivity contribution in [2.45, 2.75) is 13.5 Å². The molecule has 62 valence electrons. The second-order valence-corrected chi connectivity index (χ2v) is 2.49. The van der Waals surface area contributed by atoms with Gasteiger partial charge in [0.1, 0.15) is 0 Å². The van der Waals surface area contributed by atoms with Crippen molar-refractivity contribution in [2.24, 2.45) is 0 Å². The van der Waals surface area contributed by atoms with Crippen LogP contribution in [-0.4, -0.2) is 15.0 Å². The van der Waals surface area contributed by atoms with Crippen LogP contribution < -0.4 is 10.1 Å². The number of imidazole rings is 1. The third kappa shape index (κ3) is 0.827. The molecule has 2 aromatic heterocycles. The Morgan fingerprint density at radius 2 is 2.42 bits per heavy atom. The number of aromatic nitrogens is 4. The van der Waals surface area contributed by atoms with Gasteiger partial charge in [0.15, 0.2) is 0 Å². The maximum Gasteiger partial charge on any atom is 0.302 e. The Kier molecular flexibility index (Phi) is 1.43. The Labute approximate surface area is 68.1 Å². The molecule has 2 rings (SSSR count). The van der Waals surface area contributed by atoms with E-state index in [2.05, 4.69) is 15.0 Å². The predicted octanol–water partition coefficient (Wildman–Crippen LogP) is -0.441. The Morgan fingerprint density at radius 3 is 3.17 bits per heavy atom. The monoisotopic (exact) mass is 165 g/mol. The first-order valence-corrected chi connectivity index (χ1v) is 3.77. The maximum absolute atomic E-state index is 11.3. The minimum atomic E-state index is -0.108. The standard InChI is InChI=1S/C7H8N4O/c1-2-11-4-10-6-5(11)7(12)9-3-8-6/h3-4H,2H2,1H3,(H,8,9,12)/p+1. The number of H-pyrrole nitrogens is 2. The average Bonchev–Trinajstić information content (AvgIpc) is 2.49. The summed E-state index contributed by atoms with van der Waals surface area (Å²) in [4.78, 5) is 20.7. The van der Waals surface area contributed by atoms with Crippen LogP contribution in [0.4, 0.5) is 0 Å². The molecule has 2 aromatic rings. The normalized spacial score (nSPS) is 10.8. The van der Waals surface area contributed by atoms with Gasteiger partial charge in [0.05, 0.1) is 12.9 Å². The summed E-state index contributed by atoms with van der Waals surface area (Å²) in [5, 5.41) is 0. The van der Waals surface area contributed by atoms with E-state index in [0.29, 0.717) is 11.2 Å². The van der Waals surface area contributed by atoms with Crippen LogP contribution in [0, 0.1) is 0 Å². The van der Waals surface area contributed by atoms with Crippen molar-refractivity contribution in [3.63, 3.8) is 0 Å². The Balaban J connectivity index is 2.92. The molecule has 0 atom stereocenters. The van der Waals surface area contributed by atoms with Crippen molar-refractivity contribution in [1.29, 1.82) is 0 Å². The third-order valence-electron chi connectivity index (χ3n) is 1.81. The van der Waals surface area contributed by atoms with Gasteiger partial charge in [-0.1, -0.05) is 0 Å². The zero-order valence-electron chi connectivity index (χ0n) is 6.66. The molecule has 2 N–H and O–H groups in total. The molecule has 0 saturated heterocycles. The molecule has 5 nitrogen and oxygen atoms in total. The minimum absolute atomic E-state index is 0.108. The average molecular weight is 165 g/mol. The third-order valence-corrected chi connectivity index (χ3v) is 1.81. The maximum atomic E-state index is 11.3. The highest BCUT2D eigenvalue weighted by Crippen LogP contribution is 1.93. The number of hydrogen-bond acceptors (Lipinski definition) is 2. The van der Waals surface area contributed by atoms with E-state index < -0.39 is 0 Å². The van der Waals surface area contributed by atoms with Gasteiger partial charge in [0, 0.05) is 0 Å². The minimum Gasteiger partial charge on any atom is -0.309 e. The van der Waals surface area contributed by atoms with Gasteiger partial charge >= 0.3 is 5.56 Å². The van der Waals surface area contributed by atoms with Gasteiger partial charge in [-0.25, -0.2) is 9.55 Å². The molecule has 0 amide bonds. The van der Waals surface area contributed by atoms with Gasteiger partial charge in [-0.2, -0.15) is 4.98 Å². The summed E-state index contributed by atoms with van der Waals surface area (Å²) in [6, 6.07) is 0. The molecule has 5 heteroatoms. The fourth-order valence-corrected chi connectivity index (χ4v) is 1.22. The largest absolute Gasteiger partial charge is 0.309 e. The number of nitrogens with zero attached hydrogens (tertiary/aromatic N) is 2. The highest BCUT2D eigenvalue weighted by molar-refractivity contribution is 5.63. The van der Waals surface area contributed by atoms with Crippen LogP contribution in [0.25, 0.3) is 11.2 Å². The molecular formula is C7H9N4O+. The SMILES string of the molecule is CC[n+]1c[nH]c2nc[nH]c(=O)c21. The van der Waals surface area contributed by atoms with Gasteiger partial charge in [0.25, 0.3) is 11.2 Å². The van der Waals surface area contributed by atoms with Crippen molar-refractivity contribution in [1.82, 2.24) is 15.0 Å². The van der Waals surface area contributed by atoms with Crippen LogP contribution in [0.15, 0.2) is 17.4 Å². The summed E-state index contributed by atoms with van der Waals surface area (Å²) in [5.41, 5.74) is 1.11. The lowest BCUT2D eigenvalue weighted by molar-refractivity contribution is -0.668. The molecule has 0 aliphatic heterocycles. The number of aryl methyl sites for hydroxylation is 1. The highest BCUT2D eigenvalue weighted by atomic mass is 16.1. The Morgan fingerprint density at radius 1 is 1.58 bits per heavy atom.